The standard InChI is InChI=1S/C16H26ClN3O.HI/c1-13(2)12-21-9-5-8-19-16(18-3)20-11-14-6-4-7-15(17)10-14;/h4,6-7,10,13H,5,8-9,11-12H2,1-3H3,(H2,18,19,20);1H. The first-order valence-electron chi connectivity index (χ1n) is 7.38. The Kier molecular flexibility index (Phi) is 12.6. The summed E-state index contributed by atoms with van der Waals surface area (Å²) < 4.78 is 5.54. The van der Waals surface area contributed by atoms with Crippen molar-refractivity contribution in [1.82, 2.24) is 10.6 Å². The summed E-state index contributed by atoms with van der Waals surface area (Å²) in [6.07, 6.45) is 0.963. The smallest absolute Gasteiger partial charge is 0.191 e. The van der Waals surface area contributed by atoms with Gasteiger partial charge < -0.3 is 15.4 Å². The normalized spacial score (nSPS) is 11.2. The molecule has 0 radical (unpaired) electrons. The van der Waals surface area contributed by atoms with Crippen LogP contribution >= 0.6 is 35.6 Å². The molecule has 0 aliphatic rings. The minimum atomic E-state index is 0. The van der Waals surface area contributed by atoms with Crippen LogP contribution in [-0.4, -0.2) is 32.8 Å². The number of hydrogen-bond acceptors (Lipinski definition) is 2. The topological polar surface area (TPSA) is 45.7 Å². The quantitative estimate of drug-likeness (QED) is 0.281. The molecule has 0 heterocycles. The van der Waals surface area contributed by atoms with Crippen LogP contribution in [0.25, 0.3) is 0 Å². The molecule has 0 spiro atoms. The molecule has 2 N–H and O–H groups in total. The maximum Gasteiger partial charge on any atom is 0.191 e. The Balaban J connectivity index is 0.00000441. The molecule has 0 fully saturated rings. The highest BCUT2D eigenvalue weighted by atomic mass is 127. The van der Waals surface area contributed by atoms with Crippen LogP contribution in [0.5, 0.6) is 0 Å². The number of ether oxygens (including phenoxy) is 1. The Labute approximate surface area is 156 Å². The van der Waals surface area contributed by atoms with Gasteiger partial charge in [-0.05, 0) is 30.0 Å². The molecule has 0 unspecified atom stereocenters. The van der Waals surface area contributed by atoms with Gasteiger partial charge in [-0.3, -0.25) is 4.99 Å². The third-order valence-electron chi connectivity index (χ3n) is 2.78. The van der Waals surface area contributed by atoms with Crippen molar-refractivity contribution in [2.75, 3.05) is 26.8 Å². The van der Waals surface area contributed by atoms with Gasteiger partial charge in [0, 0.05) is 38.4 Å². The van der Waals surface area contributed by atoms with E-state index < -0.39 is 0 Å². The molecule has 0 amide bonds. The van der Waals surface area contributed by atoms with E-state index in [1.54, 1.807) is 7.05 Å². The number of nitrogens with zero attached hydrogens (tertiary/aromatic N) is 1. The third kappa shape index (κ3) is 10.2. The summed E-state index contributed by atoms with van der Waals surface area (Å²) in [6.45, 7) is 7.44. The zero-order valence-electron chi connectivity index (χ0n) is 13.6. The van der Waals surface area contributed by atoms with E-state index in [1.165, 1.54) is 0 Å². The van der Waals surface area contributed by atoms with Crippen LogP contribution in [0.15, 0.2) is 29.3 Å². The van der Waals surface area contributed by atoms with Crippen LogP contribution < -0.4 is 10.6 Å². The maximum absolute atomic E-state index is 5.96. The van der Waals surface area contributed by atoms with Gasteiger partial charge in [-0.2, -0.15) is 0 Å². The zero-order chi connectivity index (χ0) is 15.5. The lowest BCUT2D eigenvalue weighted by Crippen LogP contribution is -2.37. The number of rotatable bonds is 8. The second kappa shape index (κ2) is 13.0. The summed E-state index contributed by atoms with van der Waals surface area (Å²) in [5, 5.41) is 7.28. The molecule has 1 aromatic rings. The molecule has 1 rings (SSSR count). The molecule has 0 saturated carbocycles. The van der Waals surface area contributed by atoms with Gasteiger partial charge in [-0.15, -0.1) is 24.0 Å². The highest BCUT2D eigenvalue weighted by Gasteiger charge is 1.99. The van der Waals surface area contributed by atoms with Gasteiger partial charge in [0.05, 0.1) is 0 Å². The summed E-state index contributed by atoms with van der Waals surface area (Å²) >= 11 is 5.96. The van der Waals surface area contributed by atoms with E-state index in [0.717, 1.165) is 42.7 Å². The highest BCUT2D eigenvalue weighted by molar-refractivity contribution is 14.0. The Morgan fingerprint density at radius 3 is 2.73 bits per heavy atom. The molecule has 0 aromatic heterocycles. The number of aliphatic imine (C=N–C) groups is 1. The van der Waals surface area contributed by atoms with Crippen LogP contribution in [-0.2, 0) is 11.3 Å². The van der Waals surface area contributed by atoms with Gasteiger partial charge in [0.2, 0.25) is 0 Å². The summed E-state index contributed by atoms with van der Waals surface area (Å²) in [5.41, 5.74) is 1.13. The van der Waals surface area contributed by atoms with E-state index in [1.807, 2.05) is 24.3 Å². The molecule has 0 aliphatic carbocycles. The lowest BCUT2D eigenvalue weighted by Gasteiger charge is -2.12. The molecular formula is C16H27ClIN3O. The summed E-state index contributed by atoms with van der Waals surface area (Å²) in [6, 6.07) is 7.80. The Bertz CT molecular complexity index is 441. The number of guanidine groups is 1. The molecule has 126 valence electrons. The van der Waals surface area contributed by atoms with E-state index in [9.17, 15) is 0 Å². The first-order valence-corrected chi connectivity index (χ1v) is 7.76. The predicted molar refractivity (Wildman–Crippen MR) is 105 cm³/mol. The average molecular weight is 440 g/mol. The van der Waals surface area contributed by atoms with E-state index >= 15 is 0 Å². The Hall–Kier alpha value is -0.530. The van der Waals surface area contributed by atoms with Crippen molar-refractivity contribution in [3.05, 3.63) is 34.9 Å². The lowest BCUT2D eigenvalue weighted by atomic mass is 10.2. The van der Waals surface area contributed by atoms with E-state index in [-0.39, 0.29) is 24.0 Å². The second-order valence-electron chi connectivity index (χ2n) is 5.30. The first kappa shape index (κ1) is 21.5. The predicted octanol–water partition coefficient (Wildman–Crippen LogP) is 3.69. The van der Waals surface area contributed by atoms with Gasteiger partial charge in [0.1, 0.15) is 0 Å². The third-order valence-corrected chi connectivity index (χ3v) is 3.02. The lowest BCUT2D eigenvalue weighted by molar-refractivity contribution is 0.108. The van der Waals surface area contributed by atoms with Crippen LogP contribution in [0, 0.1) is 5.92 Å². The fourth-order valence-corrected chi connectivity index (χ4v) is 1.97. The largest absolute Gasteiger partial charge is 0.381 e. The van der Waals surface area contributed by atoms with Crippen LogP contribution in [0.4, 0.5) is 0 Å². The number of hydrogen-bond donors (Lipinski definition) is 2. The molecule has 6 heteroatoms. The van der Waals surface area contributed by atoms with E-state index in [2.05, 4.69) is 29.5 Å². The minimum Gasteiger partial charge on any atom is -0.381 e. The molecule has 0 bridgehead atoms. The summed E-state index contributed by atoms with van der Waals surface area (Å²) in [7, 11) is 1.77. The van der Waals surface area contributed by atoms with Gasteiger partial charge in [-0.1, -0.05) is 37.6 Å². The SMILES string of the molecule is CN=C(NCCCOCC(C)C)NCc1cccc(Cl)c1.I. The average Bonchev–Trinajstić information content (AvgIpc) is 2.45. The van der Waals surface area contributed by atoms with Gasteiger partial charge in [-0.25, -0.2) is 0 Å². The number of benzene rings is 1. The van der Waals surface area contributed by atoms with E-state index in [4.69, 9.17) is 16.3 Å². The first-order chi connectivity index (χ1) is 10.1. The van der Waals surface area contributed by atoms with Crippen molar-refractivity contribution in [3.8, 4) is 0 Å². The maximum atomic E-state index is 5.96. The molecule has 0 aliphatic heterocycles. The monoisotopic (exact) mass is 439 g/mol. The molecule has 0 saturated heterocycles. The van der Waals surface area contributed by atoms with Crippen LogP contribution in [0.2, 0.25) is 5.02 Å². The Morgan fingerprint density at radius 1 is 1.32 bits per heavy atom. The molecular weight excluding hydrogens is 413 g/mol. The van der Waals surface area contributed by atoms with Crippen molar-refractivity contribution in [3.63, 3.8) is 0 Å². The van der Waals surface area contributed by atoms with Crippen molar-refractivity contribution in [2.45, 2.75) is 26.8 Å². The zero-order valence-corrected chi connectivity index (χ0v) is 16.7. The number of halogens is 2. The molecule has 0 atom stereocenters. The van der Waals surface area contributed by atoms with Gasteiger partial charge in [0.15, 0.2) is 5.96 Å². The second-order valence-corrected chi connectivity index (χ2v) is 5.74. The van der Waals surface area contributed by atoms with Crippen molar-refractivity contribution >= 4 is 41.5 Å². The van der Waals surface area contributed by atoms with Crippen molar-refractivity contribution in [1.29, 1.82) is 0 Å². The number of nitrogens with one attached hydrogen (secondary N) is 2. The van der Waals surface area contributed by atoms with Crippen molar-refractivity contribution < 1.29 is 4.74 Å². The molecule has 4 nitrogen and oxygen atoms in total. The fraction of sp³-hybridized carbons (Fsp3) is 0.562. The van der Waals surface area contributed by atoms with Crippen LogP contribution in [0.1, 0.15) is 25.8 Å². The Morgan fingerprint density at radius 2 is 2.09 bits per heavy atom. The highest BCUT2D eigenvalue weighted by Crippen LogP contribution is 2.10. The molecule has 22 heavy (non-hydrogen) atoms. The minimum absolute atomic E-state index is 0. The summed E-state index contributed by atoms with van der Waals surface area (Å²) in [5.74, 6) is 1.38. The fourth-order valence-electron chi connectivity index (χ4n) is 1.75. The van der Waals surface area contributed by atoms with Gasteiger partial charge in [0.25, 0.3) is 0 Å². The van der Waals surface area contributed by atoms with Crippen LogP contribution in [0.3, 0.4) is 0 Å². The van der Waals surface area contributed by atoms with E-state index in [0.29, 0.717) is 12.5 Å². The molecule has 1 aromatic carbocycles. The van der Waals surface area contributed by atoms with Crippen molar-refractivity contribution in [2.24, 2.45) is 10.9 Å². The van der Waals surface area contributed by atoms with Gasteiger partial charge >= 0.3 is 0 Å². The summed E-state index contributed by atoms with van der Waals surface area (Å²) in [4.78, 5) is 4.19.